The van der Waals surface area contributed by atoms with Crippen molar-refractivity contribution in [3.05, 3.63) is 18.3 Å². The summed E-state index contributed by atoms with van der Waals surface area (Å²) in [5, 5.41) is 12.3. The van der Waals surface area contributed by atoms with E-state index in [0.717, 1.165) is 0 Å². The summed E-state index contributed by atoms with van der Waals surface area (Å²) in [5.41, 5.74) is 0.854. The van der Waals surface area contributed by atoms with Crippen LogP contribution in [0.3, 0.4) is 0 Å². The van der Waals surface area contributed by atoms with Crippen LogP contribution in [0.2, 0.25) is 0 Å². The van der Waals surface area contributed by atoms with E-state index in [1.165, 1.54) is 0 Å². The average molecular weight is 138 g/mol. The zero-order valence-corrected chi connectivity index (χ0v) is 4.93. The van der Waals surface area contributed by atoms with E-state index in [9.17, 15) is 0 Å². The highest BCUT2D eigenvalue weighted by molar-refractivity contribution is 5.63. The molecule has 0 aliphatic carbocycles. The van der Waals surface area contributed by atoms with Crippen molar-refractivity contribution < 1.29 is 14.7 Å². The Morgan fingerprint density at radius 1 is 1.60 bits per heavy atom. The van der Waals surface area contributed by atoms with Crippen molar-refractivity contribution in [2.75, 3.05) is 0 Å². The Balaban J connectivity index is 2.93. The number of hydrogen-bond donors (Lipinski definition) is 1. The predicted molar refractivity (Wildman–Crippen MR) is 29.2 cm³/mol. The minimum atomic E-state index is 0.394. The van der Waals surface area contributed by atoms with Crippen molar-refractivity contribution >= 4 is 11.2 Å². The number of hydrogen-bond acceptors (Lipinski definition) is 4. The van der Waals surface area contributed by atoms with E-state index in [2.05, 4.69) is 14.8 Å². The largest absolute Gasteiger partial charge is 0.370 e. The minimum Gasteiger partial charge on any atom is -0.316 e. The topological polar surface area (TPSA) is 63.0 Å². The molecular formula is C5H4N3O2+. The van der Waals surface area contributed by atoms with Crippen molar-refractivity contribution in [2.24, 2.45) is 0 Å². The van der Waals surface area contributed by atoms with Crippen LogP contribution >= 0.6 is 0 Å². The highest BCUT2D eigenvalue weighted by Crippen LogP contribution is 1.99. The van der Waals surface area contributed by atoms with E-state index in [1.54, 1.807) is 18.3 Å². The predicted octanol–water partition coefficient (Wildman–Crippen LogP) is -0.252. The first-order chi connectivity index (χ1) is 4.88. The molecular weight excluding hydrogens is 134 g/mol. The molecule has 0 saturated carbocycles. The fraction of sp³-hybridized carbons (Fsp3) is 0. The lowest BCUT2D eigenvalue weighted by Gasteiger charge is -1.74. The van der Waals surface area contributed by atoms with Gasteiger partial charge in [0.1, 0.15) is 4.90 Å². The first-order valence-electron chi connectivity index (χ1n) is 2.70. The maximum absolute atomic E-state index is 8.86. The fourth-order valence-electron chi connectivity index (χ4n) is 0.729. The average Bonchev–Trinajstić information content (AvgIpc) is 2.34. The molecule has 50 valence electrons. The van der Waals surface area contributed by atoms with Crippen LogP contribution in [0.15, 0.2) is 23.0 Å². The summed E-state index contributed by atoms with van der Waals surface area (Å²) in [7, 11) is 0. The second kappa shape index (κ2) is 1.66. The van der Waals surface area contributed by atoms with E-state index in [-0.39, 0.29) is 0 Å². The Hall–Kier alpha value is -1.65. The molecule has 2 aromatic rings. The quantitative estimate of drug-likeness (QED) is 0.510. The monoisotopic (exact) mass is 138 g/mol. The SMILES string of the molecule is O[n+]1onc2ncccc21. The van der Waals surface area contributed by atoms with Crippen molar-refractivity contribution in [1.82, 2.24) is 10.1 Å². The zero-order valence-electron chi connectivity index (χ0n) is 4.93. The van der Waals surface area contributed by atoms with Gasteiger partial charge in [0, 0.05) is 12.3 Å². The van der Waals surface area contributed by atoms with E-state index in [0.29, 0.717) is 16.1 Å². The molecule has 0 atom stereocenters. The molecule has 5 heteroatoms. The minimum absolute atomic E-state index is 0.394. The van der Waals surface area contributed by atoms with Gasteiger partial charge < -0.3 is 5.21 Å². The third-order valence-corrected chi connectivity index (χ3v) is 1.18. The maximum Gasteiger partial charge on any atom is 0.370 e. The second-order valence-electron chi connectivity index (χ2n) is 1.79. The van der Waals surface area contributed by atoms with Crippen LogP contribution in [0, 0.1) is 0 Å². The lowest BCUT2D eigenvalue weighted by Crippen LogP contribution is -2.26. The van der Waals surface area contributed by atoms with Crippen LogP contribution < -0.4 is 4.90 Å². The normalized spacial score (nSPS) is 10.4. The van der Waals surface area contributed by atoms with Gasteiger partial charge in [-0.2, -0.15) is 0 Å². The molecule has 0 aliphatic rings. The Labute approximate surface area is 55.4 Å². The van der Waals surface area contributed by atoms with E-state index >= 15 is 0 Å². The van der Waals surface area contributed by atoms with Gasteiger partial charge >= 0.3 is 5.65 Å². The molecule has 0 saturated heterocycles. The Bertz CT molecular complexity index is 356. The van der Waals surface area contributed by atoms with Gasteiger partial charge in [0.05, 0.1) is 0 Å². The van der Waals surface area contributed by atoms with E-state index in [4.69, 9.17) is 5.21 Å². The van der Waals surface area contributed by atoms with Gasteiger partial charge in [-0.05, 0) is 10.7 Å². The van der Waals surface area contributed by atoms with Crippen LogP contribution in [-0.4, -0.2) is 15.3 Å². The molecule has 0 radical (unpaired) electrons. The lowest BCUT2D eigenvalue weighted by atomic mass is 10.4. The molecule has 10 heavy (non-hydrogen) atoms. The number of rotatable bonds is 0. The van der Waals surface area contributed by atoms with E-state index in [1.807, 2.05) is 0 Å². The van der Waals surface area contributed by atoms with Gasteiger partial charge in [-0.25, -0.2) is 4.98 Å². The zero-order chi connectivity index (χ0) is 6.97. The Morgan fingerprint density at radius 3 is 3.30 bits per heavy atom. The Morgan fingerprint density at radius 2 is 2.50 bits per heavy atom. The molecule has 0 fully saturated rings. The van der Waals surface area contributed by atoms with Crippen molar-refractivity contribution in [3.63, 3.8) is 0 Å². The number of nitrogens with zero attached hydrogens (tertiary/aromatic N) is 3. The number of aromatic nitrogens is 3. The van der Waals surface area contributed by atoms with Crippen molar-refractivity contribution in [3.8, 4) is 0 Å². The molecule has 0 amide bonds. The smallest absolute Gasteiger partial charge is 0.316 e. The van der Waals surface area contributed by atoms with Gasteiger partial charge in [-0.3, -0.25) is 0 Å². The van der Waals surface area contributed by atoms with Gasteiger partial charge in [0.25, 0.3) is 5.52 Å². The summed E-state index contributed by atoms with van der Waals surface area (Å²) in [5.74, 6) is 0. The maximum atomic E-state index is 8.86. The van der Waals surface area contributed by atoms with Crippen LogP contribution in [0.4, 0.5) is 0 Å². The lowest BCUT2D eigenvalue weighted by molar-refractivity contribution is -1.02. The molecule has 0 spiro atoms. The molecule has 5 nitrogen and oxygen atoms in total. The molecule has 0 unspecified atom stereocenters. The fourth-order valence-corrected chi connectivity index (χ4v) is 0.729. The summed E-state index contributed by atoms with van der Waals surface area (Å²) < 4.78 is 4.37. The van der Waals surface area contributed by atoms with Crippen LogP contribution in [0.25, 0.3) is 11.2 Å². The molecule has 1 N–H and O–H groups in total. The second-order valence-corrected chi connectivity index (χ2v) is 1.79. The summed E-state index contributed by atoms with van der Waals surface area (Å²) in [6.07, 6.45) is 1.57. The first kappa shape index (κ1) is 5.16. The van der Waals surface area contributed by atoms with Gasteiger partial charge in [0.2, 0.25) is 0 Å². The molecule has 2 aromatic heterocycles. The third kappa shape index (κ3) is 0.540. The summed E-state index contributed by atoms with van der Waals surface area (Å²) >= 11 is 0. The van der Waals surface area contributed by atoms with Crippen molar-refractivity contribution in [1.29, 1.82) is 0 Å². The molecule has 0 bridgehead atoms. The van der Waals surface area contributed by atoms with Gasteiger partial charge in [0.15, 0.2) is 5.16 Å². The van der Waals surface area contributed by atoms with Gasteiger partial charge in [-0.1, -0.05) is 0 Å². The summed E-state index contributed by atoms with van der Waals surface area (Å²) in [6.45, 7) is 0. The Kier molecular flexibility index (Phi) is 0.858. The molecule has 2 rings (SSSR count). The summed E-state index contributed by atoms with van der Waals surface area (Å²) in [6, 6.07) is 3.34. The van der Waals surface area contributed by atoms with Gasteiger partial charge in [-0.15, -0.1) is 0 Å². The molecule has 2 heterocycles. The van der Waals surface area contributed by atoms with E-state index < -0.39 is 0 Å². The van der Waals surface area contributed by atoms with Crippen LogP contribution in [0.5, 0.6) is 0 Å². The molecule has 0 aromatic carbocycles. The third-order valence-electron chi connectivity index (χ3n) is 1.18. The standard InChI is InChI=1S/C5H4N3O2/c9-8-4-2-1-3-6-5(4)7-10-8/h1-3,9H/q+1. The molecule has 0 aliphatic heterocycles. The van der Waals surface area contributed by atoms with Crippen LogP contribution in [0.1, 0.15) is 0 Å². The first-order valence-corrected chi connectivity index (χ1v) is 2.70. The highest BCUT2D eigenvalue weighted by Gasteiger charge is 2.13. The number of pyridine rings is 1. The van der Waals surface area contributed by atoms with Crippen LogP contribution in [-0.2, 0) is 0 Å². The van der Waals surface area contributed by atoms with Crippen molar-refractivity contribution in [2.45, 2.75) is 0 Å². The number of fused-ring (bicyclic) bond motifs is 1. The summed E-state index contributed by atoms with van der Waals surface area (Å²) in [4.78, 5) is 4.39. The highest BCUT2D eigenvalue weighted by atomic mass is 16.8.